The van der Waals surface area contributed by atoms with Gasteiger partial charge in [-0.25, -0.2) is 13.6 Å². The number of hydrogen-bond donors (Lipinski definition) is 2. The highest BCUT2D eigenvalue weighted by atomic mass is 35.5. The van der Waals surface area contributed by atoms with Crippen molar-refractivity contribution < 1.29 is 21.6 Å². The Balaban J connectivity index is 2.36. The molecule has 4 nitrogen and oxygen atoms in total. The van der Waals surface area contributed by atoms with E-state index >= 15 is 0 Å². The summed E-state index contributed by atoms with van der Waals surface area (Å²) in [6.07, 6.45) is -3.22. The topological polar surface area (TPSA) is 86.2 Å². The Morgan fingerprint density at radius 3 is 2.27 bits per heavy atom. The third-order valence-electron chi connectivity index (χ3n) is 4.66. The van der Waals surface area contributed by atoms with Gasteiger partial charge < -0.3 is 5.73 Å². The van der Waals surface area contributed by atoms with Crippen molar-refractivity contribution in [3.05, 3.63) is 46.5 Å². The third kappa shape index (κ3) is 3.41. The molecule has 0 spiro atoms. The number of alkyl halides is 3. The van der Waals surface area contributed by atoms with Gasteiger partial charge in [-0.1, -0.05) is 24.6 Å². The van der Waals surface area contributed by atoms with Crippen LogP contribution in [-0.4, -0.2) is 8.42 Å². The van der Waals surface area contributed by atoms with E-state index in [1.165, 1.54) is 24.3 Å². The van der Waals surface area contributed by atoms with E-state index in [4.69, 9.17) is 22.5 Å². The van der Waals surface area contributed by atoms with Gasteiger partial charge in [0.05, 0.1) is 15.5 Å². The standard InChI is InChI=1S/C17H16ClF3N2O2S/c1-16(4-5-16)12-8-10(26(23,24)25)2-3-11(12)15-13(17(19,20)21)6-9(22)7-14(15)18/h2-3,6-8H,4-5,22H2,1H3,(H2,23,24,25). The maximum atomic E-state index is 13.6. The van der Waals surface area contributed by atoms with E-state index in [-0.39, 0.29) is 26.7 Å². The van der Waals surface area contributed by atoms with Crippen molar-refractivity contribution in [2.45, 2.75) is 36.3 Å². The summed E-state index contributed by atoms with van der Waals surface area (Å²) in [5.74, 6) is 0. The Kier molecular flexibility index (Phi) is 4.29. The number of nitrogen functional groups attached to an aromatic ring is 1. The highest BCUT2D eigenvalue weighted by molar-refractivity contribution is 7.89. The molecule has 2 aromatic carbocycles. The van der Waals surface area contributed by atoms with Crippen molar-refractivity contribution in [1.29, 1.82) is 0 Å². The first-order valence-corrected chi connectivity index (χ1v) is 9.59. The number of nitrogens with two attached hydrogens (primary N) is 2. The van der Waals surface area contributed by atoms with Crippen molar-refractivity contribution in [2.75, 3.05) is 5.73 Å². The van der Waals surface area contributed by atoms with Gasteiger partial charge in [-0.15, -0.1) is 0 Å². The highest BCUT2D eigenvalue weighted by Gasteiger charge is 2.43. The van der Waals surface area contributed by atoms with Gasteiger partial charge in [-0.2, -0.15) is 13.2 Å². The summed E-state index contributed by atoms with van der Waals surface area (Å²) in [5, 5.41) is 5.03. The maximum absolute atomic E-state index is 13.6. The van der Waals surface area contributed by atoms with Crippen LogP contribution in [0.25, 0.3) is 11.1 Å². The van der Waals surface area contributed by atoms with Crippen LogP contribution in [0, 0.1) is 0 Å². The first-order chi connectivity index (χ1) is 11.8. The number of halogens is 4. The quantitative estimate of drug-likeness (QED) is 0.747. The van der Waals surface area contributed by atoms with Gasteiger partial charge in [-0.05, 0) is 53.6 Å². The lowest BCUT2D eigenvalue weighted by atomic mass is 9.87. The van der Waals surface area contributed by atoms with E-state index in [1.807, 2.05) is 6.92 Å². The van der Waals surface area contributed by atoms with Gasteiger partial charge >= 0.3 is 6.18 Å². The minimum atomic E-state index is -4.67. The SMILES string of the molecule is CC1(c2cc(S(N)(=O)=O)ccc2-c2c(Cl)cc(N)cc2C(F)(F)F)CC1. The molecule has 4 N–H and O–H groups in total. The molecule has 1 fully saturated rings. The zero-order valence-electron chi connectivity index (χ0n) is 13.7. The normalized spacial score (nSPS) is 16.5. The summed E-state index contributed by atoms with van der Waals surface area (Å²) in [4.78, 5) is -0.149. The molecule has 0 saturated heterocycles. The average Bonchev–Trinajstić information content (AvgIpc) is 3.23. The summed E-state index contributed by atoms with van der Waals surface area (Å²) >= 11 is 6.12. The molecule has 2 aromatic rings. The van der Waals surface area contributed by atoms with Crippen LogP contribution in [0.4, 0.5) is 18.9 Å². The molecule has 0 aromatic heterocycles. The molecule has 1 aliphatic rings. The fourth-order valence-electron chi connectivity index (χ4n) is 3.00. The van der Waals surface area contributed by atoms with Crippen LogP contribution >= 0.6 is 11.6 Å². The smallest absolute Gasteiger partial charge is 0.399 e. The molecule has 0 aliphatic heterocycles. The van der Waals surface area contributed by atoms with Gasteiger partial charge in [0.2, 0.25) is 10.0 Å². The molecule has 26 heavy (non-hydrogen) atoms. The molecule has 3 rings (SSSR count). The van der Waals surface area contributed by atoms with Crippen LogP contribution in [0.1, 0.15) is 30.9 Å². The lowest BCUT2D eigenvalue weighted by molar-refractivity contribution is -0.137. The summed E-state index contributed by atoms with van der Waals surface area (Å²) in [6, 6.07) is 5.93. The van der Waals surface area contributed by atoms with Crippen LogP contribution < -0.4 is 10.9 Å². The van der Waals surface area contributed by atoms with Crippen molar-refractivity contribution >= 4 is 27.3 Å². The molecule has 0 radical (unpaired) electrons. The summed E-state index contributed by atoms with van der Waals surface area (Å²) in [7, 11) is -3.99. The monoisotopic (exact) mass is 404 g/mol. The van der Waals surface area contributed by atoms with E-state index in [2.05, 4.69) is 0 Å². The minimum Gasteiger partial charge on any atom is -0.399 e. The van der Waals surface area contributed by atoms with Gasteiger partial charge in [0.1, 0.15) is 0 Å². The predicted octanol–water partition coefficient (Wildman–Crippen LogP) is 4.31. The van der Waals surface area contributed by atoms with Crippen LogP contribution in [0.15, 0.2) is 35.2 Å². The molecular formula is C17H16ClF3N2O2S. The minimum absolute atomic E-state index is 0.105. The van der Waals surface area contributed by atoms with E-state index < -0.39 is 27.2 Å². The molecule has 1 aliphatic carbocycles. The molecule has 1 saturated carbocycles. The highest BCUT2D eigenvalue weighted by Crippen LogP contribution is 2.53. The predicted molar refractivity (Wildman–Crippen MR) is 94.3 cm³/mol. The number of benzene rings is 2. The van der Waals surface area contributed by atoms with E-state index in [9.17, 15) is 21.6 Å². The molecule has 140 valence electrons. The Bertz CT molecular complexity index is 1000. The summed E-state index contributed by atoms with van der Waals surface area (Å²) in [5.41, 5.74) is 4.54. The molecule has 0 bridgehead atoms. The van der Waals surface area contributed by atoms with E-state index in [0.717, 1.165) is 18.9 Å². The molecule has 9 heteroatoms. The first kappa shape index (κ1) is 19.0. The fourth-order valence-corrected chi connectivity index (χ4v) is 3.87. The Morgan fingerprint density at radius 1 is 1.15 bits per heavy atom. The number of anilines is 1. The molecule has 0 amide bonds. The van der Waals surface area contributed by atoms with E-state index in [1.54, 1.807) is 0 Å². The van der Waals surface area contributed by atoms with Crippen molar-refractivity contribution in [3.8, 4) is 11.1 Å². The molecular weight excluding hydrogens is 389 g/mol. The Hall–Kier alpha value is -1.77. The van der Waals surface area contributed by atoms with E-state index in [0.29, 0.717) is 5.56 Å². The lowest BCUT2D eigenvalue weighted by Crippen LogP contribution is -2.15. The summed E-state index contributed by atoms with van der Waals surface area (Å²) in [6.45, 7) is 1.86. The van der Waals surface area contributed by atoms with Crippen molar-refractivity contribution in [1.82, 2.24) is 0 Å². The van der Waals surface area contributed by atoms with Gasteiger partial charge in [0.15, 0.2) is 0 Å². The zero-order valence-corrected chi connectivity index (χ0v) is 15.3. The Morgan fingerprint density at radius 2 is 1.77 bits per heavy atom. The maximum Gasteiger partial charge on any atom is 0.417 e. The van der Waals surface area contributed by atoms with Crippen LogP contribution in [0.3, 0.4) is 0 Å². The van der Waals surface area contributed by atoms with Gasteiger partial charge in [0, 0.05) is 11.3 Å². The number of hydrogen-bond acceptors (Lipinski definition) is 3. The average molecular weight is 405 g/mol. The molecule has 0 atom stereocenters. The number of primary sulfonamides is 1. The molecule has 0 heterocycles. The van der Waals surface area contributed by atoms with Crippen molar-refractivity contribution in [2.24, 2.45) is 5.14 Å². The Labute approximate surface area is 154 Å². The third-order valence-corrected chi connectivity index (χ3v) is 5.87. The van der Waals surface area contributed by atoms with Crippen molar-refractivity contribution in [3.63, 3.8) is 0 Å². The van der Waals surface area contributed by atoms with Gasteiger partial charge in [-0.3, -0.25) is 0 Å². The number of rotatable bonds is 3. The lowest BCUT2D eigenvalue weighted by Gasteiger charge is -2.21. The van der Waals surface area contributed by atoms with Gasteiger partial charge in [0.25, 0.3) is 0 Å². The second kappa shape index (κ2) is 5.87. The van der Waals surface area contributed by atoms with Crippen LogP contribution in [-0.2, 0) is 21.6 Å². The largest absolute Gasteiger partial charge is 0.417 e. The first-order valence-electron chi connectivity index (χ1n) is 7.67. The zero-order chi connectivity index (χ0) is 19.5. The summed E-state index contributed by atoms with van der Waals surface area (Å²) < 4.78 is 64.1. The second-order valence-electron chi connectivity index (χ2n) is 6.74. The fraction of sp³-hybridized carbons (Fsp3) is 0.294. The van der Waals surface area contributed by atoms with Crippen LogP contribution in [0.5, 0.6) is 0 Å². The molecule has 0 unspecified atom stereocenters. The number of sulfonamides is 1. The second-order valence-corrected chi connectivity index (χ2v) is 8.70. The van der Waals surface area contributed by atoms with Crippen LogP contribution in [0.2, 0.25) is 5.02 Å².